The van der Waals surface area contributed by atoms with E-state index in [0.29, 0.717) is 29.0 Å². The Morgan fingerprint density at radius 2 is 1.96 bits per heavy atom. The molecule has 144 valence electrons. The summed E-state index contributed by atoms with van der Waals surface area (Å²) >= 11 is 0. The molecule has 0 radical (unpaired) electrons. The maximum atomic E-state index is 12.1. The van der Waals surface area contributed by atoms with E-state index in [1.807, 2.05) is 19.9 Å². The van der Waals surface area contributed by atoms with Crippen molar-refractivity contribution < 1.29 is 19.1 Å². The van der Waals surface area contributed by atoms with Gasteiger partial charge in [0.05, 0.1) is 29.6 Å². The number of aromatic nitrogens is 2. The van der Waals surface area contributed by atoms with Crippen LogP contribution < -0.4 is 10.1 Å². The zero-order valence-corrected chi connectivity index (χ0v) is 16.5. The molecule has 0 atom stereocenters. The molecule has 0 aliphatic rings. The Bertz CT molecular complexity index is 842. The number of nitrogens with zero attached hydrogens (tertiary/aromatic N) is 2. The fourth-order valence-corrected chi connectivity index (χ4v) is 2.44. The molecule has 2 aromatic rings. The van der Waals surface area contributed by atoms with E-state index in [-0.39, 0.29) is 11.5 Å². The highest BCUT2D eigenvalue weighted by Gasteiger charge is 2.20. The molecule has 27 heavy (non-hydrogen) atoms. The van der Waals surface area contributed by atoms with E-state index in [1.165, 1.54) is 6.20 Å². The van der Waals surface area contributed by atoms with E-state index in [4.69, 9.17) is 9.47 Å². The minimum Gasteiger partial charge on any atom is -0.496 e. The lowest BCUT2D eigenvalue weighted by Gasteiger charge is -2.20. The van der Waals surface area contributed by atoms with Gasteiger partial charge in [-0.15, -0.1) is 0 Å². The molecule has 0 aliphatic carbocycles. The highest BCUT2D eigenvalue weighted by atomic mass is 16.6. The summed E-state index contributed by atoms with van der Waals surface area (Å²) < 4.78 is 10.7. The van der Waals surface area contributed by atoms with Crippen molar-refractivity contribution in [2.24, 2.45) is 0 Å². The van der Waals surface area contributed by atoms with Crippen molar-refractivity contribution in [1.82, 2.24) is 9.97 Å². The van der Waals surface area contributed by atoms with Gasteiger partial charge in [0.15, 0.2) is 6.29 Å². The van der Waals surface area contributed by atoms with E-state index in [9.17, 15) is 9.59 Å². The number of methoxy groups -OCH3 is 1. The number of carbonyl (C=O) groups excluding carboxylic acids is 2. The summed E-state index contributed by atoms with van der Waals surface area (Å²) in [5.74, 6) is 0.783. The fourth-order valence-electron chi connectivity index (χ4n) is 2.44. The van der Waals surface area contributed by atoms with E-state index in [2.05, 4.69) is 15.3 Å². The van der Waals surface area contributed by atoms with Crippen LogP contribution in [0.3, 0.4) is 0 Å². The van der Waals surface area contributed by atoms with Crippen LogP contribution >= 0.6 is 0 Å². The van der Waals surface area contributed by atoms with Gasteiger partial charge >= 0.3 is 6.09 Å². The van der Waals surface area contributed by atoms with Crippen molar-refractivity contribution in [2.75, 3.05) is 12.4 Å². The first-order valence-corrected chi connectivity index (χ1v) is 8.64. The quantitative estimate of drug-likeness (QED) is 0.782. The molecule has 0 aromatic carbocycles. The molecule has 0 fully saturated rings. The number of rotatable bonds is 5. The van der Waals surface area contributed by atoms with Gasteiger partial charge in [-0.25, -0.2) is 4.79 Å². The van der Waals surface area contributed by atoms with Crippen LogP contribution in [0.4, 0.5) is 10.5 Å². The molecule has 0 bridgehead atoms. The molecule has 0 aliphatic heterocycles. The number of nitrogens with one attached hydrogen (secondary N) is 1. The van der Waals surface area contributed by atoms with E-state index in [0.717, 1.165) is 5.69 Å². The van der Waals surface area contributed by atoms with E-state index in [1.54, 1.807) is 40.1 Å². The zero-order chi connectivity index (χ0) is 20.2. The Hall–Kier alpha value is -2.96. The lowest BCUT2D eigenvalue weighted by molar-refractivity contribution is 0.0636. The second-order valence-electron chi connectivity index (χ2n) is 7.33. The Labute approximate surface area is 159 Å². The minimum absolute atomic E-state index is 0.223. The van der Waals surface area contributed by atoms with Gasteiger partial charge in [-0.1, -0.05) is 13.8 Å². The molecule has 7 nitrogen and oxygen atoms in total. The summed E-state index contributed by atoms with van der Waals surface area (Å²) in [6, 6.07) is 3.36. The highest BCUT2D eigenvalue weighted by molar-refractivity contribution is 5.98. The van der Waals surface area contributed by atoms with Gasteiger partial charge < -0.3 is 9.47 Å². The van der Waals surface area contributed by atoms with Crippen molar-refractivity contribution in [3.63, 3.8) is 0 Å². The van der Waals surface area contributed by atoms with Crippen molar-refractivity contribution in [2.45, 2.75) is 46.1 Å². The molecule has 2 aromatic heterocycles. The third-order valence-electron chi connectivity index (χ3n) is 3.70. The summed E-state index contributed by atoms with van der Waals surface area (Å²) in [5.41, 5.74) is 1.68. The highest BCUT2D eigenvalue weighted by Crippen LogP contribution is 2.34. The molecule has 1 N–H and O–H groups in total. The Morgan fingerprint density at radius 3 is 2.52 bits per heavy atom. The van der Waals surface area contributed by atoms with E-state index < -0.39 is 11.7 Å². The van der Waals surface area contributed by atoms with Crippen LogP contribution in [-0.2, 0) is 4.74 Å². The van der Waals surface area contributed by atoms with Gasteiger partial charge in [0.25, 0.3) is 0 Å². The SMILES string of the molecule is COc1cc(C(C)C)ncc1-c1nccc(NC(=O)OC(C)(C)C)c1C=O. The molecule has 2 heterocycles. The molecular weight excluding hydrogens is 346 g/mol. The third-order valence-corrected chi connectivity index (χ3v) is 3.70. The number of anilines is 1. The van der Waals surface area contributed by atoms with Crippen molar-refractivity contribution in [3.8, 4) is 17.0 Å². The van der Waals surface area contributed by atoms with Crippen LogP contribution in [-0.4, -0.2) is 35.1 Å². The smallest absolute Gasteiger partial charge is 0.412 e. The van der Waals surface area contributed by atoms with Crippen LogP contribution in [0.15, 0.2) is 24.5 Å². The number of ether oxygens (including phenoxy) is 2. The minimum atomic E-state index is -0.652. The average molecular weight is 371 g/mol. The molecule has 0 saturated carbocycles. The molecule has 0 spiro atoms. The average Bonchev–Trinajstić information content (AvgIpc) is 2.59. The fraction of sp³-hybridized carbons (Fsp3) is 0.400. The van der Waals surface area contributed by atoms with Gasteiger partial charge in [-0.3, -0.25) is 20.1 Å². The summed E-state index contributed by atoms with van der Waals surface area (Å²) in [5, 5.41) is 2.60. The van der Waals surface area contributed by atoms with Crippen LogP contribution in [0.5, 0.6) is 5.75 Å². The molecule has 2 rings (SSSR count). The Morgan fingerprint density at radius 1 is 1.26 bits per heavy atom. The van der Waals surface area contributed by atoms with Crippen LogP contribution in [0.25, 0.3) is 11.3 Å². The predicted molar refractivity (Wildman–Crippen MR) is 103 cm³/mol. The largest absolute Gasteiger partial charge is 0.496 e. The van der Waals surface area contributed by atoms with Gasteiger partial charge in [-0.05, 0) is 32.8 Å². The van der Waals surface area contributed by atoms with Gasteiger partial charge in [0.2, 0.25) is 0 Å². The maximum absolute atomic E-state index is 12.1. The second kappa shape index (κ2) is 8.16. The van der Waals surface area contributed by atoms with Gasteiger partial charge in [0.1, 0.15) is 11.4 Å². The Balaban J connectivity index is 2.47. The topological polar surface area (TPSA) is 90.4 Å². The van der Waals surface area contributed by atoms with E-state index >= 15 is 0 Å². The maximum Gasteiger partial charge on any atom is 0.412 e. The summed E-state index contributed by atoms with van der Waals surface area (Å²) in [7, 11) is 1.55. The number of amides is 1. The van der Waals surface area contributed by atoms with Crippen molar-refractivity contribution >= 4 is 18.1 Å². The Kier molecular flexibility index (Phi) is 6.15. The normalized spacial score (nSPS) is 11.2. The monoisotopic (exact) mass is 371 g/mol. The predicted octanol–water partition coefficient (Wildman–Crippen LogP) is 4.44. The number of hydrogen-bond donors (Lipinski definition) is 1. The van der Waals surface area contributed by atoms with Crippen LogP contribution in [0, 0.1) is 0 Å². The summed E-state index contributed by atoms with van der Waals surface area (Å²) in [4.78, 5) is 32.6. The number of carbonyl (C=O) groups is 2. The number of aldehydes is 1. The summed E-state index contributed by atoms with van der Waals surface area (Å²) in [6.07, 6.45) is 3.12. The molecule has 7 heteroatoms. The molecule has 0 unspecified atom stereocenters. The summed E-state index contributed by atoms with van der Waals surface area (Å²) in [6.45, 7) is 9.35. The first-order chi connectivity index (χ1) is 12.7. The molecule has 1 amide bonds. The van der Waals surface area contributed by atoms with Gasteiger partial charge in [-0.2, -0.15) is 0 Å². The first-order valence-electron chi connectivity index (χ1n) is 8.64. The van der Waals surface area contributed by atoms with Crippen molar-refractivity contribution in [3.05, 3.63) is 35.8 Å². The molecule has 0 saturated heterocycles. The second-order valence-corrected chi connectivity index (χ2v) is 7.33. The standard InChI is InChI=1S/C20H25N3O4/c1-12(2)16-9-17(26-6)13(10-22-16)18-14(11-24)15(7-8-21-18)23-19(25)27-20(3,4)5/h7-12H,1-6H3,(H,21,23,25). The van der Waals surface area contributed by atoms with Crippen LogP contribution in [0.1, 0.15) is 56.6 Å². The number of hydrogen-bond acceptors (Lipinski definition) is 6. The first kappa shape index (κ1) is 20.4. The van der Waals surface area contributed by atoms with Crippen molar-refractivity contribution in [1.29, 1.82) is 0 Å². The lowest BCUT2D eigenvalue weighted by Crippen LogP contribution is -2.27. The number of pyridine rings is 2. The van der Waals surface area contributed by atoms with Crippen LogP contribution in [0.2, 0.25) is 0 Å². The third kappa shape index (κ3) is 5.03. The molecular formula is C20H25N3O4. The lowest BCUT2D eigenvalue weighted by atomic mass is 10.0. The zero-order valence-electron chi connectivity index (χ0n) is 16.5. The van der Waals surface area contributed by atoms with Gasteiger partial charge in [0, 0.05) is 24.2 Å².